The highest BCUT2D eigenvalue weighted by molar-refractivity contribution is 7.91. The van der Waals surface area contributed by atoms with Crippen molar-refractivity contribution in [3.8, 4) is 17.2 Å². The molecule has 0 aliphatic rings. The Balaban J connectivity index is 1.49. The minimum atomic E-state index is -3.71. The Labute approximate surface area is 342 Å². The molecule has 300 valence electrons. The molecule has 0 heterocycles. The van der Waals surface area contributed by atoms with Crippen molar-refractivity contribution in [2.45, 2.75) is 128 Å². The summed E-state index contributed by atoms with van der Waals surface area (Å²) < 4.78 is 47.5. The molecule has 0 bridgehead atoms. The average molecular weight is 803 g/mol. The van der Waals surface area contributed by atoms with E-state index in [0.717, 1.165) is 21.9 Å². The van der Waals surface area contributed by atoms with E-state index in [9.17, 15) is 8.42 Å². The molecule has 0 radical (unpaired) electrons. The second-order valence-electron chi connectivity index (χ2n) is 17.2. The molecule has 6 aromatic rings. The molecule has 0 atom stereocenters. The summed E-state index contributed by atoms with van der Waals surface area (Å²) >= 11 is 0. The Morgan fingerprint density at radius 3 is 1.21 bits per heavy atom. The molecule has 0 aromatic heterocycles. The molecule has 7 heteroatoms. The fraction of sp³-hybridized carbons (Fsp3) is 0.360. The zero-order valence-electron chi connectivity index (χ0n) is 35.7. The topological polar surface area (TPSA) is 61.8 Å². The summed E-state index contributed by atoms with van der Waals surface area (Å²) in [5.41, 5.74) is 7.31. The van der Waals surface area contributed by atoms with Crippen LogP contribution in [-0.4, -0.2) is 8.42 Å². The van der Waals surface area contributed by atoms with Gasteiger partial charge in [-0.15, -0.1) is 0 Å². The Bertz CT molecular complexity index is 2350. The van der Waals surface area contributed by atoms with Crippen LogP contribution in [0.3, 0.4) is 0 Å². The van der Waals surface area contributed by atoms with E-state index in [2.05, 4.69) is 132 Å². The van der Waals surface area contributed by atoms with Crippen molar-refractivity contribution in [3.05, 3.63) is 137 Å². The maximum atomic E-state index is 13.4. The summed E-state index contributed by atoms with van der Waals surface area (Å²) in [6.07, 6.45) is 0. The normalized spacial score (nSPS) is 12.4. The average Bonchev–Trinajstić information content (AvgIpc) is 3.16. The third-order valence-corrected chi connectivity index (χ3v) is 13.6. The van der Waals surface area contributed by atoms with Crippen LogP contribution in [0.2, 0.25) is 0 Å². The van der Waals surface area contributed by atoms with Crippen LogP contribution in [0.15, 0.2) is 113 Å². The molecular formula is C50H59O5PS. The van der Waals surface area contributed by atoms with Gasteiger partial charge in [0, 0.05) is 0 Å². The molecule has 0 spiro atoms. The van der Waals surface area contributed by atoms with Crippen molar-refractivity contribution in [2.75, 3.05) is 0 Å². The van der Waals surface area contributed by atoms with E-state index in [4.69, 9.17) is 13.6 Å². The Kier molecular flexibility index (Phi) is 12.8. The number of benzene rings is 6. The molecule has 0 fully saturated rings. The van der Waals surface area contributed by atoms with E-state index in [0.29, 0.717) is 40.9 Å². The van der Waals surface area contributed by atoms with E-state index in [-0.39, 0.29) is 21.6 Å². The van der Waals surface area contributed by atoms with Gasteiger partial charge in [-0.3, -0.25) is 0 Å². The summed E-state index contributed by atoms with van der Waals surface area (Å²) in [7, 11) is -5.80. The van der Waals surface area contributed by atoms with Gasteiger partial charge in [0.05, 0.1) is 9.79 Å². The largest absolute Gasteiger partial charge is 0.530 e. The molecule has 0 amide bonds. The first-order valence-corrected chi connectivity index (χ1v) is 23.0. The highest BCUT2D eigenvalue weighted by Gasteiger charge is 2.27. The first-order chi connectivity index (χ1) is 26.9. The summed E-state index contributed by atoms with van der Waals surface area (Å²) in [4.78, 5) is 0.426. The van der Waals surface area contributed by atoms with E-state index in [1.54, 1.807) is 54.6 Å². The van der Waals surface area contributed by atoms with Crippen molar-refractivity contribution < 1.29 is 22.0 Å². The fourth-order valence-electron chi connectivity index (χ4n) is 7.32. The maximum absolute atomic E-state index is 13.4. The monoisotopic (exact) mass is 802 g/mol. The van der Waals surface area contributed by atoms with E-state index < -0.39 is 18.4 Å². The predicted octanol–water partition coefficient (Wildman–Crippen LogP) is 15.3. The lowest BCUT2D eigenvalue weighted by Gasteiger charge is -2.24. The van der Waals surface area contributed by atoms with Crippen LogP contribution in [0.25, 0.3) is 21.5 Å². The standard InChI is InChI=1S/C50H59O5PS/c1-30(2)36-22-38-26-45(34(9)10)49(28-47(38)43(24-36)32(5)6)54-56(53-40-18-20-42(21-19-40)57(51,52)41-16-14-13-15-17-41)55-50-29-48-39(27-46(50)35(11)12)23-37(31(3)4)25-44(48)33(7)8/h13-35H,1-12H3. The molecule has 5 nitrogen and oxygen atoms in total. The van der Waals surface area contributed by atoms with Gasteiger partial charge in [-0.05, 0) is 151 Å². The summed E-state index contributed by atoms with van der Waals surface area (Å²) in [6.45, 7) is 26.6. The maximum Gasteiger partial charge on any atom is 0.530 e. The predicted molar refractivity (Wildman–Crippen MR) is 240 cm³/mol. The van der Waals surface area contributed by atoms with Crippen LogP contribution >= 0.6 is 8.60 Å². The number of hydrogen-bond acceptors (Lipinski definition) is 5. The van der Waals surface area contributed by atoms with Crippen LogP contribution in [0.1, 0.15) is 152 Å². The molecular weight excluding hydrogens is 744 g/mol. The van der Waals surface area contributed by atoms with Crippen molar-refractivity contribution in [1.29, 1.82) is 0 Å². The Hall–Kier alpha value is -4.38. The van der Waals surface area contributed by atoms with E-state index in [1.807, 2.05) is 0 Å². The van der Waals surface area contributed by atoms with Crippen molar-refractivity contribution in [1.82, 2.24) is 0 Å². The third kappa shape index (κ3) is 9.19. The van der Waals surface area contributed by atoms with E-state index >= 15 is 0 Å². The summed E-state index contributed by atoms with van der Waals surface area (Å²) in [5, 5.41) is 4.69. The molecule has 0 aliphatic carbocycles. The third-order valence-electron chi connectivity index (χ3n) is 10.8. The zero-order chi connectivity index (χ0) is 41.3. The molecule has 6 rings (SSSR count). The lowest BCUT2D eigenvalue weighted by atomic mass is 9.88. The summed E-state index contributed by atoms with van der Waals surface area (Å²) in [6, 6.07) is 33.1. The minimum absolute atomic E-state index is 0.157. The van der Waals surface area contributed by atoms with Crippen molar-refractivity contribution in [3.63, 3.8) is 0 Å². The number of fused-ring (bicyclic) bond motifs is 2. The minimum Gasteiger partial charge on any atom is -0.409 e. The van der Waals surface area contributed by atoms with E-state index in [1.165, 1.54) is 33.0 Å². The summed E-state index contributed by atoms with van der Waals surface area (Å²) in [5.74, 6) is 3.60. The van der Waals surface area contributed by atoms with Gasteiger partial charge in [0.1, 0.15) is 17.2 Å². The van der Waals surface area contributed by atoms with Crippen LogP contribution in [0, 0.1) is 0 Å². The number of sulfone groups is 1. The SMILES string of the molecule is CC(C)c1cc(C(C)C)c2cc(OP(Oc3ccc(S(=O)(=O)c4ccccc4)cc3)Oc3cc4c(C(C)C)cc(C(C)C)cc4cc3C(C)C)c(C(C)C)cc2c1. The lowest BCUT2D eigenvalue weighted by Crippen LogP contribution is -2.07. The molecule has 0 saturated heterocycles. The fourth-order valence-corrected chi connectivity index (χ4v) is 9.65. The quantitative estimate of drug-likeness (QED) is 0.103. The van der Waals surface area contributed by atoms with Crippen molar-refractivity contribution >= 4 is 40.0 Å². The highest BCUT2D eigenvalue weighted by Crippen LogP contribution is 2.49. The smallest absolute Gasteiger partial charge is 0.409 e. The molecule has 6 aromatic carbocycles. The van der Waals surface area contributed by atoms with Gasteiger partial charge >= 0.3 is 8.60 Å². The molecule has 0 saturated carbocycles. The number of rotatable bonds is 14. The van der Waals surface area contributed by atoms with Gasteiger partial charge in [0.25, 0.3) is 0 Å². The molecule has 57 heavy (non-hydrogen) atoms. The second kappa shape index (κ2) is 17.2. The molecule has 0 N–H and O–H groups in total. The van der Waals surface area contributed by atoms with Gasteiger partial charge < -0.3 is 13.6 Å². The van der Waals surface area contributed by atoms with Gasteiger partial charge in [-0.25, -0.2) is 8.42 Å². The van der Waals surface area contributed by atoms with Crippen LogP contribution in [0.5, 0.6) is 17.2 Å². The van der Waals surface area contributed by atoms with Gasteiger partial charge in [0.2, 0.25) is 9.84 Å². The van der Waals surface area contributed by atoms with Gasteiger partial charge in [-0.1, -0.05) is 126 Å². The van der Waals surface area contributed by atoms with Crippen LogP contribution in [-0.2, 0) is 9.84 Å². The number of hydrogen-bond donors (Lipinski definition) is 0. The lowest BCUT2D eigenvalue weighted by molar-refractivity contribution is 0.383. The first-order valence-electron chi connectivity index (χ1n) is 20.4. The zero-order valence-corrected chi connectivity index (χ0v) is 37.4. The second-order valence-corrected chi connectivity index (χ2v) is 20.1. The van der Waals surface area contributed by atoms with Crippen LogP contribution in [0.4, 0.5) is 0 Å². The molecule has 0 unspecified atom stereocenters. The van der Waals surface area contributed by atoms with Crippen molar-refractivity contribution in [2.24, 2.45) is 0 Å². The van der Waals surface area contributed by atoms with Gasteiger partial charge in [0.15, 0.2) is 0 Å². The Morgan fingerprint density at radius 2 is 0.825 bits per heavy atom. The highest BCUT2D eigenvalue weighted by atomic mass is 32.2. The first kappa shape index (κ1) is 42.2. The molecule has 0 aliphatic heterocycles. The Morgan fingerprint density at radius 1 is 0.421 bits per heavy atom. The van der Waals surface area contributed by atoms with Crippen LogP contribution < -0.4 is 13.6 Å². The van der Waals surface area contributed by atoms with Gasteiger partial charge in [-0.2, -0.15) is 0 Å².